The van der Waals surface area contributed by atoms with Crippen molar-refractivity contribution in [1.82, 2.24) is 15.2 Å². The lowest BCUT2D eigenvalue weighted by Crippen LogP contribution is -2.42. The molecule has 3 rings (SSSR count). The largest absolute Gasteiger partial charge is 0.330 e. The van der Waals surface area contributed by atoms with Crippen molar-refractivity contribution >= 4 is 17.2 Å². The Bertz CT molecular complexity index is 445. The summed E-state index contributed by atoms with van der Waals surface area (Å²) < 4.78 is 0. The molecule has 1 N–H and O–H groups in total. The van der Waals surface area contributed by atoms with E-state index in [9.17, 15) is 4.79 Å². The number of amides is 1. The predicted octanol–water partition coefficient (Wildman–Crippen LogP) is 1.27. The molecule has 2 aliphatic rings. The highest BCUT2D eigenvalue weighted by Crippen LogP contribution is 2.33. The van der Waals surface area contributed by atoms with Gasteiger partial charge in [0.05, 0.1) is 5.01 Å². The Morgan fingerprint density at radius 3 is 3.12 bits per heavy atom. The normalized spacial score (nSPS) is 31.9. The number of aromatic nitrogens is 1. The van der Waals surface area contributed by atoms with Crippen LogP contribution in [0.4, 0.5) is 0 Å². The molecule has 2 fully saturated rings. The lowest BCUT2D eigenvalue weighted by Gasteiger charge is -2.26. The zero-order valence-corrected chi connectivity index (χ0v) is 11.0. The summed E-state index contributed by atoms with van der Waals surface area (Å²) in [5.74, 6) is 0.742. The van der Waals surface area contributed by atoms with Crippen LogP contribution in [-0.2, 0) is 0 Å². The number of nitrogens with one attached hydrogen (secondary N) is 1. The molecule has 0 bridgehead atoms. The van der Waals surface area contributed by atoms with Crippen LogP contribution in [0.1, 0.15) is 28.8 Å². The van der Waals surface area contributed by atoms with Crippen molar-refractivity contribution in [2.45, 2.75) is 32.4 Å². The van der Waals surface area contributed by atoms with E-state index in [0.29, 0.717) is 23.7 Å². The Morgan fingerprint density at radius 1 is 1.59 bits per heavy atom. The van der Waals surface area contributed by atoms with Crippen LogP contribution in [0.15, 0.2) is 5.38 Å². The number of hydrogen-bond acceptors (Lipinski definition) is 4. The van der Waals surface area contributed by atoms with E-state index in [1.54, 1.807) is 11.3 Å². The number of nitrogens with zero attached hydrogens (tertiary/aromatic N) is 2. The molecule has 2 aliphatic heterocycles. The molecule has 4 nitrogen and oxygen atoms in total. The highest BCUT2D eigenvalue weighted by atomic mass is 32.1. The van der Waals surface area contributed by atoms with Crippen molar-refractivity contribution in [2.75, 3.05) is 13.1 Å². The quantitative estimate of drug-likeness (QED) is 0.817. The van der Waals surface area contributed by atoms with Crippen LogP contribution in [0, 0.1) is 12.8 Å². The number of likely N-dealkylation sites (tertiary alicyclic amines) is 1. The van der Waals surface area contributed by atoms with E-state index in [-0.39, 0.29) is 5.91 Å². The highest BCUT2D eigenvalue weighted by molar-refractivity contribution is 7.09. The first-order chi connectivity index (χ1) is 8.16. The molecule has 2 saturated heterocycles. The molecule has 5 heteroatoms. The van der Waals surface area contributed by atoms with E-state index in [4.69, 9.17) is 0 Å². The average molecular weight is 251 g/mol. The molecule has 0 spiro atoms. The summed E-state index contributed by atoms with van der Waals surface area (Å²) in [5, 5.41) is 6.21. The van der Waals surface area contributed by atoms with Gasteiger partial charge in [-0.1, -0.05) is 0 Å². The van der Waals surface area contributed by atoms with E-state index in [1.807, 2.05) is 17.2 Å². The van der Waals surface area contributed by atoms with E-state index >= 15 is 0 Å². The second kappa shape index (κ2) is 4.07. The topological polar surface area (TPSA) is 45.2 Å². The van der Waals surface area contributed by atoms with Gasteiger partial charge < -0.3 is 10.2 Å². The molecule has 1 aromatic rings. The minimum Gasteiger partial charge on any atom is -0.330 e. The smallest absolute Gasteiger partial charge is 0.273 e. The molecule has 3 heterocycles. The number of thiazole rings is 1. The second-order valence-electron chi connectivity index (χ2n) is 5.03. The third-order valence-electron chi connectivity index (χ3n) is 3.85. The molecular formula is C12H17N3OS. The fraction of sp³-hybridized carbons (Fsp3) is 0.667. The molecule has 0 radical (unpaired) electrons. The molecule has 0 aromatic carbocycles. The summed E-state index contributed by atoms with van der Waals surface area (Å²) in [5.41, 5.74) is 0.618. The Balaban J connectivity index is 1.85. The molecule has 92 valence electrons. The van der Waals surface area contributed by atoms with Crippen LogP contribution in [-0.4, -0.2) is 41.0 Å². The SMILES string of the molecule is Cc1nc(C(=O)N2C(C)CC3CNCC32)cs1. The maximum atomic E-state index is 12.5. The van der Waals surface area contributed by atoms with Gasteiger partial charge in [0.25, 0.3) is 5.91 Å². The Hall–Kier alpha value is -0.940. The maximum Gasteiger partial charge on any atom is 0.273 e. The molecule has 17 heavy (non-hydrogen) atoms. The Kier molecular flexibility index (Phi) is 2.67. The minimum absolute atomic E-state index is 0.109. The van der Waals surface area contributed by atoms with E-state index < -0.39 is 0 Å². The van der Waals surface area contributed by atoms with E-state index in [1.165, 1.54) is 0 Å². The van der Waals surface area contributed by atoms with Crippen molar-refractivity contribution in [3.05, 3.63) is 16.1 Å². The number of carbonyl (C=O) groups is 1. The molecule has 1 amide bonds. The van der Waals surface area contributed by atoms with Gasteiger partial charge in [-0.15, -0.1) is 11.3 Å². The first-order valence-corrected chi connectivity index (χ1v) is 7.00. The van der Waals surface area contributed by atoms with Crippen LogP contribution in [0.3, 0.4) is 0 Å². The predicted molar refractivity (Wildman–Crippen MR) is 67.2 cm³/mol. The molecule has 1 aromatic heterocycles. The summed E-state index contributed by atoms with van der Waals surface area (Å²) in [6.45, 7) is 6.07. The van der Waals surface area contributed by atoms with Crippen molar-refractivity contribution < 1.29 is 4.79 Å². The van der Waals surface area contributed by atoms with Gasteiger partial charge in [0.15, 0.2) is 0 Å². The number of rotatable bonds is 1. The summed E-state index contributed by atoms with van der Waals surface area (Å²) in [6.07, 6.45) is 1.12. The van der Waals surface area contributed by atoms with Crippen LogP contribution in [0.2, 0.25) is 0 Å². The Morgan fingerprint density at radius 2 is 2.41 bits per heavy atom. The molecule has 3 unspecified atom stereocenters. The standard InChI is InChI=1S/C12H17N3OS/c1-7-3-9-4-13-5-11(9)15(7)12(16)10-6-17-8(2)14-10/h6-7,9,11,13H,3-5H2,1-2H3. The molecule has 3 atom stereocenters. The third-order valence-corrected chi connectivity index (χ3v) is 4.63. The van der Waals surface area contributed by atoms with Gasteiger partial charge in [0, 0.05) is 30.6 Å². The lowest BCUT2D eigenvalue weighted by atomic mass is 10.0. The summed E-state index contributed by atoms with van der Waals surface area (Å²) in [4.78, 5) is 18.8. The van der Waals surface area contributed by atoms with Crippen molar-refractivity contribution in [3.63, 3.8) is 0 Å². The van der Waals surface area contributed by atoms with Crippen LogP contribution in [0.5, 0.6) is 0 Å². The Labute approximate surface area is 105 Å². The van der Waals surface area contributed by atoms with Crippen molar-refractivity contribution in [3.8, 4) is 0 Å². The number of fused-ring (bicyclic) bond motifs is 1. The lowest BCUT2D eigenvalue weighted by molar-refractivity contribution is 0.0676. The molecule has 0 aliphatic carbocycles. The minimum atomic E-state index is 0.109. The van der Waals surface area contributed by atoms with Gasteiger partial charge in [-0.3, -0.25) is 4.79 Å². The fourth-order valence-corrected chi connectivity index (χ4v) is 3.70. The third kappa shape index (κ3) is 1.77. The van der Waals surface area contributed by atoms with E-state index in [0.717, 1.165) is 24.5 Å². The summed E-state index contributed by atoms with van der Waals surface area (Å²) in [7, 11) is 0. The fourth-order valence-electron chi connectivity index (χ4n) is 3.11. The van der Waals surface area contributed by atoms with Crippen LogP contribution in [0.25, 0.3) is 0 Å². The second-order valence-corrected chi connectivity index (χ2v) is 6.10. The average Bonchev–Trinajstić information content (AvgIpc) is 2.92. The van der Waals surface area contributed by atoms with E-state index in [2.05, 4.69) is 17.2 Å². The zero-order chi connectivity index (χ0) is 12.0. The van der Waals surface area contributed by atoms with Gasteiger partial charge >= 0.3 is 0 Å². The number of aryl methyl sites for hydroxylation is 1. The highest BCUT2D eigenvalue weighted by Gasteiger charge is 2.44. The van der Waals surface area contributed by atoms with Crippen molar-refractivity contribution in [2.24, 2.45) is 5.92 Å². The van der Waals surface area contributed by atoms with Crippen molar-refractivity contribution in [1.29, 1.82) is 0 Å². The van der Waals surface area contributed by atoms with Gasteiger partial charge in [-0.2, -0.15) is 0 Å². The summed E-state index contributed by atoms with van der Waals surface area (Å²) in [6, 6.07) is 0.723. The summed E-state index contributed by atoms with van der Waals surface area (Å²) >= 11 is 1.54. The van der Waals surface area contributed by atoms with Crippen LogP contribution >= 0.6 is 11.3 Å². The maximum absolute atomic E-state index is 12.5. The monoisotopic (exact) mass is 251 g/mol. The van der Waals surface area contributed by atoms with Gasteiger partial charge in [0.2, 0.25) is 0 Å². The zero-order valence-electron chi connectivity index (χ0n) is 10.1. The molecule has 0 saturated carbocycles. The van der Waals surface area contributed by atoms with Crippen LogP contribution < -0.4 is 5.32 Å². The first-order valence-electron chi connectivity index (χ1n) is 6.12. The number of carbonyl (C=O) groups excluding carboxylic acids is 1. The molecular weight excluding hydrogens is 234 g/mol. The van der Waals surface area contributed by atoms with Gasteiger partial charge in [-0.25, -0.2) is 4.98 Å². The van der Waals surface area contributed by atoms with Gasteiger partial charge in [-0.05, 0) is 26.2 Å². The number of hydrogen-bond donors (Lipinski definition) is 1. The van der Waals surface area contributed by atoms with Gasteiger partial charge in [0.1, 0.15) is 5.69 Å². The first kappa shape index (κ1) is 11.2.